The van der Waals surface area contributed by atoms with Gasteiger partial charge in [-0.15, -0.1) is 11.8 Å². The van der Waals surface area contributed by atoms with Crippen LogP contribution in [0.4, 0.5) is 0 Å². The molecular formula is C21H27NO2S. The zero-order valence-electron chi connectivity index (χ0n) is 15.1. The van der Waals surface area contributed by atoms with Gasteiger partial charge in [-0.25, -0.2) is 0 Å². The van der Waals surface area contributed by atoms with Crippen LogP contribution in [-0.4, -0.2) is 24.8 Å². The summed E-state index contributed by atoms with van der Waals surface area (Å²) in [7, 11) is 0. The maximum atomic E-state index is 11.8. The molecule has 0 bridgehead atoms. The van der Waals surface area contributed by atoms with Gasteiger partial charge < -0.3 is 10.1 Å². The second kappa shape index (κ2) is 10.8. The summed E-state index contributed by atoms with van der Waals surface area (Å²) in [5.41, 5.74) is 3.76. The van der Waals surface area contributed by atoms with Crippen molar-refractivity contribution in [2.75, 3.05) is 18.9 Å². The Bertz CT molecular complexity index is 655. The second-order valence-electron chi connectivity index (χ2n) is 6.20. The molecule has 4 heteroatoms. The zero-order valence-corrected chi connectivity index (χ0v) is 15.9. The number of carbonyl (C=O) groups is 1. The van der Waals surface area contributed by atoms with Crippen LogP contribution in [-0.2, 0) is 10.5 Å². The van der Waals surface area contributed by atoms with Crippen LogP contribution in [0.3, 0.4) is 0 Å². The van der Waals surface area contributed by atoms with E-state index in [1.807, 2.05) is 24.3 Å². The fourth-order valence-electron chi connectivity index (χ4n) is 2.39. The molecule has 2 rings (SSSR count). The summed E-state index contributed by atoms with van der Waals surface area (Å²) in [5, 5.41) is 2.97. The van der Waals surface area contributed by atoms with E-state index in [1.165, 1.54) is 16.7 Å². The van der Waals surface area contributed by atoms with Crippen molar-refractivity contribution in [2.45, 2.75) is 32.4 Å². The predicted octanol–water partition coefficient (Wildman–Crippen LogP) is 4.51. The maximum Gasteiger partial charge on any atom is 0.230 e. The smallest absolute Gasteiger partial charge is 0.230 e. The number of thioether (sulfide) groups is 1. The van der Waals surface area contributed by atoms with Crippen LogP contribution in [0.1, 0.15) is 29.5 Å². The van der Waals surface area contributed by atoms with Crippen LogP contribution in [0.2, 0.25) is 0 Å². The molecule has 0 aliphatic rings. The van der Waals surface area contributed by atoms with E-state index in [0.717, 1.165) is 24.3 Å². The van der Waals surface area contributed by atoms with Gasteiger partial charge in [0.15, 0.2) is 0 Å². The third kappa shape index (κ3) is 8.12. The highest BCUT2D eigenvalue weighted by atomic mass is 32.2. The van der Waals surface area contributed by atoms with Gasteiger partial charge in [0.25, 0.3) is 0 Å². The first-order valence-electron chi connectivity index (χ1n) is 8.73. The number of benzene rings is 2. The number of ether oxygens (including phenoxy) is 1. The minimum absolute atomic E-state index is 0.108. The van der Waals surface area contributed by atoms with Crippen molar-refractivity contribution in [1.82, 2.24) is 5.32 Å². The molecule has 0 heterocycles. The Kier molecular flexibility index (Phi) is 8.40. The first-order chi connectivity index (χ1) is 12.1. The molecule has 3 nitrogen and oxygen atoms in total. The summed E-state index contributed by atoms with van der Waals surface area (Å²) < 4.78 is 5.67. The number of aryl methyl sites for hydroxylation is 2. The van der Waals surface area contributed by atoms with E-state index in [4.69, 9.17) is 4.74 Å². The lowest BCUT2D eigenvalue weighted by molar-refractivity contribution is -0.118. The van der Waals surface area contributed by atoms with Crippen LogP contribution in [0.5, 0.6) is 5.75 Å². The average Bonchev–Trinajstić information content (AvgIpc) is 2.59. The molecular weight excluding hydrogens is 330 g/mol. The lowest BCUT2D eigenvalue weighted by Crippen LogP contribution is -2.26. The van der Waals surface area contributed by atoms with E-state index in [0.29, 0.717) is 18.9 Å². The maximum absolute atomic E-state index is 11.8. The number of hydrogen-bond donors (Lipinski definition) is 1. The Morgan fingerprint density at radius 1 is 1.04 bits per heavy atom. The number of carbonyl (C=O) groups excluding carboxylic acids is 1. The third-order valence-corrected chi connectivity index (χ3v) is 4.77. The van der Waals surface area contributed by atoms with Crippen molar-refractivity contribution in [3.8, 4) is 5.75 Å². The predicted molar refractivity (Wildman–Crippen MR) is 106 cm³/mol. The summed E-state index contributed by atoms with van der Waals surface area (Å²) >= 11 is 1.65. The summed E-state index contributed by atoms with van der Waals surface area (Å²) in [6.07, 6.45) is 1.87. The Morgan fingerprint density at radius 3 is 2.60 bits per heavy atom. The highest BCUT2D eigenvalue weighted by Gasteiger charge is 2.02. The van der Waals surface area contributed by atoms with Crippen LogP contribution < -0.4 is 10.1 Å². The molecule has 0 aromatic heterocycles. The highest BCUT2D eigenvalue weighted by molar-refractivity contribution is 7.99. The van der Waals surface area contributed by atoms with Gasteiger partial charge in [0, 0.05) is 12.3 Å². The number of unbranched alkanes of at least 4 members (excludes halogenated alkanes) is 1. The third-order valence-electron chi connectivity index (χ3n) is 3.77. The highest BCUT2D eigenvalue weighted by Crippen LogP contribution is 2.13. The fourth-order valence-corrected chi connectivity index (χ4v) is 3.20. The van der Waals surface area contributed by atoms with Crippen LogP contribution >= 0.6 is 11.8 Å². The van der Waals surface area contributed by atoms with Crippen molar-refractivity contribution in [2.24, 2.45) is 0 Å². The lowest BCUT2D eigenvalue weighted by Gasteiger charge is -2.08. The van der Waals surface area contributed by atoms with E-state index in [1.54, 1.807) is 11.8 Å². The minimum atomic E-state index is 0.108. The normalized spacial score (nSPS) is 10.5. The summed E-state index contributed by atoms with van der Waals surface area (Å²) in [5.74, 6) is 2.40. The number of nitrogens with one attached hydrogen (secondary N) is 1. The largest absolute Gasteiger partial charge is 0.494 e. The number of hydrogen-bond acceptors (Lipinski definition) is 3. The molecule has 0 radical (unpaired) electrons. The van der Waals surface area contributed by atoms with Gasteiger partial charge in [-0.3, -0.25) is 4.79 Å². The summed E-state index contributed by atoms with van der Waals surface area (Å²) in [6.45, 7) is 5.54. The molecule has 0 aliphatic heterocycles. The molecule has 0 unspecified atom stereocenters. The van der Waals surface area contributed by atoms with Crippen LogP contribution in [0.15, 0.2) is 48.5 Å². The van der Waals surface area contributed by atoms with Gasteiger partial charge in [0.05, 0.1) is 12.4 Å². The summed E-state index contributed by atoms with van der Waals surface area (Å²) in [4.78, 5) is 11.8. The fraction of sp³-hybridized carbons (Fsp3) is 0.381. The van der Waals surface area contributed by atoms with Crippen molar-refractivity contribution in [3.05, 3.63) is 65.2 Å². The van der Waals surface area contributed by atoms with E-state index in [9.17, 15) is 4.79 Å². The molecule has 0 saturated carbocycles. The van der Waals surface area contributed by atoms with Gasteiger partial charge in [-0.1, -0.05) is 47.5 Å². The van der Waals surface area contributed by atoms with Gasteiger partial charge in [0.1, 0.15) is 5.75 Å². The van der Waals surface area contributed by atoms with Crippen molar-refractivity contribution < 1.29 is 9.53 Å². The number of amides is 1. The molecule has 25 heavy (non-hydrogen) atoms. The van der Waals surface area contributed by atoms with Crippen molar-refractivity contribution in [1.29, 1.82) is 0 Å². The molecule has 1 N–H and O–H groups in total. The molecule has 0 saturated heterocycles. The Labute approximate surface area is 155 Å². The molecule has 0 atom stereocenters. The van der Waals surface area contributed by atoms with Gasteiger partial charge in [0.2, 0.25) is 5.91 Å². The van der Waals surface area contributed by atoms with Gasteiger partial charge in [-0.2, -0.15) is 0 Å². The molecule has 2 aromatic rings. The van der Waals surface area contributed by atoms with Crippen LogP contribution in [0.25, 0.3) is 0 Å². The minimum Gasteiger partial charge on any atom is -0.494 e. The van der Waals surface area contributed by atoms with Gasteiger partial charge in [-0.05, 0) is 44.4 Å². The molecule has 134 valence electrons. The molecule has 1 amide bonds. The average molecular weight is 358 g/mol. The second-order valence-corrected chi connectivity index (χ2v) is 7.19. The first-order valence-corrected chi connectivity index (χ1v) is 9.88. The van der Waals surface area contributed by atoms with Crippen molar-refractivity contribution in [3.63, 3.8) is 0 Å². The van der Waals surface area contributed by atoms with E-state index >= 15 is 0 Å². The lowest BCUT2D eigenvalue weighted by atomic mass is 10.2. The SMILES string of the molecule is Cc1ccc(OCCCCNC(=O)CSCc2cccc(C)c2)cc1. The molecule has 2 aromatic carbocycles. The van der Waals surface area contributed by atoms with E-state index < -0.39 is 0 Å². The van der Waals surface area contributed by atoms with Gasteiger partial charge >= 0.3 is 0 Å². The van der Waals surface area contributed by atoms with E-state index in [2.05, 4.69) is 43.4 Å². The standard InChI is InChI=1S/C21H27NO2S/c1-17-8-10-20(11-9-17)24-13-4-3-12-22-21(23)16-25-15-19-7-5-6-18(2)14-19/h5-11,14H,3-4,12-13,15-16H2,1-2H3,(H,22,23). The Morgan fingerprint density at radius 2 is 1.84 bits per heavy atom. The number of rotatable bonds is 10. The Hall–Kier alpha value is -1.94. The van der Waals surface area contributed by atoms with Crippen LogP contribution in [0, 0.1) is 13.8 Å². The first kappa shape index (κ1) is 19.4. The molecule has 0 fully saturated rings. The molecule has 0 spiro atoms. The monoisotopic (exact) mass is 357 g/mol. The quantitative estimate of drug-likeness (QED) is 0.636. The molecule has 0 aliphatic carbocycles. The topological polar surface area (TPSA) is 38.3 Å². The van der Waals surface area contributed by atoms with E-state index in [-0.39, 0.29) is 5.91 Å². The van der Waals surface area contributed by atoms with Crippen molar-refractivity contribution >= 4 is 17.7 Å². The summed E-state index contributed by atoms with van der Waals surface area (Å²) in [6, 6.07) is 16.5. The zero-order chi connectivity index (χ0) is 17.9. The Balaban J connectivity index is 1.48.